The Morgan fingerprint density at radius 2 is 0.833 bits per heavy atom. The summed E-state index contributed by atoms with van der Waals surface area (Å²) in [6.07, 6.45) is 0. The van der Waals surface area contributed by atoms with Crippen molar-refractivity contribution in [1.29, 1.82) is 0 Å². The molecule has 0 aliphatic rings. The molecule has 0 aliphatic heterocycles. The number of hydrogen-bond donors (Lipinski definition) is 0. The third kappa shape index (κ3) is 28.7. The zero-order valence-corrected chi connectivity index (χ0v) is 11.7. The van der Waals surface area contributed by atoms with E-state index in [0.29, 0.717) is 0 Å². The van der Waals surface area contributed by atoms with E-state index in [0.717, 1.165) is 0 Å². The summed E-state index contributed by atoms with van der Waals surface area (Å²) in [5, 5.41) is 0. The average Bonchev–Trinajstić information content (AvgIpc) is 1.00. The van der Waals surface area contributed by atoms with E-state index < -0.39 is 0 Å². The van der Waals surface area contributed by atoms with Crippen molar-refractivity contribution < 1.29 is 75.7 Å². The van der Waals surface area contributed by atoms with Gasteiger partial charge in [0.25, 0.3) is 0 Å². The van der Waals surface area contributed by atoms with Gasteiger partial charge in [0.05, 0.1) is 7.57 Å². The summed E-state index contributed by atoms with van der Waals surface area (Å²) in [4.78, 5) is 0. The SMILES string of the molecule is [B]P.[Co].[Co].[W].[W]. The fourth-order valence-corrected chi connectivity index (χ4v) is 0. The normalized spacial score (nSPS) is 0.833. The molecule has 0 nitrogen and oxygen atoms in total. The van der Waals surface area contributed by atoms with Crippen LogP contribution in [0.1, 0.15) is 0 Å². The molecule has 4 radical (unpaired) electrons. The van der Waals surface area contributed by atoms with Crippen LogP contribution in [0.5, 0.6) is 0 Å². The van der Waals surface area contributed by atoms with Crippen LogP contribution in [0.4, 0.5) is 0 Å². The van der Waals surface area contributed by atoms with Crippen molar-refractivity contribution in [1.82, 2.24) is 0 Å². The first-order valence-corrected chi connectivity index (χ1v) is 1.00. The molecule has 1 atom stereocenters. The molecule has 1 unspecified atom stereocenters. The first-order valence-electron chi connectivity index (χ1n) is 0.333. The summed E-state index contributed by atoms with van der Waals surface area (Å²) in [6.45, 7) is 0. The van der Waals surface area contributed by atoms with Gasteiger partial charge in [0.2, 0.25) is 0 Å². The molecule has 0 N–H and O–H groups in total. The summed E-state index contributed by atoms with van der Waals surface area (Å²) in [5.74, 6) is 0. The van der Waals surface area contributed by atoms with Gasteiger partial charge in [-0.1, -0.05) is 0 Å². The maximum atomic E-state index is 4.42. The Balaban J connectivity index is -0.000000000833. The van der Waals surface area contributed by atoms with Crippen LogP contribution >= 0.6 is 9.12 Å². The number of hydrogen-bond acceptors (Lipinski definition) is 0. The second-order valence-corrected chi connectivity index (χ2v) is 0. The van der Waals surface area contributed by atoms with E-state index in [-0.39, 0.29) is 75.7 Å². The molecule has 0 heterocycles. The van der Waals surface area contributed by atoms with Gasteiger partial charge >= 0.3 is 0 Å². The molecule has 0 aromatic rings. The van der Waals surface area contributed by atoms with Crippen LogP contribution in [-0.4, -0.2) is 7.57 Å². The van der Waals surface area contributed by atoms with Gasteiger partial charge < -0.3 is 0 Å². The van der Waals surface area contributed by atoms with Gasteiger partial charge in [-0.25, -0.2) is 0 Å². The maximum Gasteiger partial charge on any atom is 0.0996 e. The van der Waals surface area contributed by atoms with E-state index in [2.05, 4.69) is 7.57 Å². The first-order chi connectivity index (χ1) is 1.00. The minimum Gasteiger partial charge on any atom is -0.187 e. The Morgan fingerprint density at radius 1 is 0.833 bits per heavy atom. The molecule has 0 bridgehead atoms. The van der Waals surface area contributed by atoms with E-state index in [4.69, 9.17) is 0 Å². The first kappa shape index (κ1) is 36.6. The molecule has 0 spiro atoms. The van der Waals surface area contributed by atoms with Crippen LogP contribution < -0.4 is 0 Å². The summed E-state index contributed by atoms with van der Waals surface area (Å²) in [5.41, 5.74) is 0. The molecule has 6 heteroatoms. The molecule has 0 amide bonds. The Bertz CT molecular complexity index is 11.5. The van der Waals surface area contributed by atoms with Crippen LogP contribution in [0.15, 0.2) is 0 Å². The van der Waals surface area contributed by atoms with Crippen molar-refractivity contribution in [3.8, 4) is 0 Å². The van der Waals surface area contributed by atoms with Crippen LogP contribution in [0.2, 0.25) is 0 Å². The second-order valence-electron chi connectivity index (χ2n) is 0. The topological polar surface area (TPSA) is 0 Å². The van der Waals surface area contributed by atoms with Crippen molar-refractivity contribution in [2.24, 2.45) is 0 Å². The van der Waals surface area contributed by atoms with Crippen molar-refractivity contribution in [2.75, 3.05) is 0 Å². The van der Waals surface area contributed by atoms with Gasteiger partial charge in [0.15, 0.2) is 0 Å². The number of rotatable bonds is 0. The van der Waals surface area contributed by atoms with Gasteiger partial charge in [-0.2, -0.15) is 9.12 Å². The van der Waals surface area contributed by atoms with Crippen molar-refractivity contribution in [3.05, 3.63) is 0 Å². The molecule has 40 valence electrons. The Morgan fingerprint density at radius 3 is 0.833 bits per heavy atom. The van der Waals surface area contributed by atoms with Gasteiger partial charge in [-0.3, -0.25) is 0 Å². The average molecular weight is 529 g/mol. The third-order valence-corrected chi connectivity index (χ3v) is 0. The van der Waals surface area contributed by atoms with Gasteiger partial charge in [-0.05, 0) is 0 Å². The van der Waals surface area contributed by atoms with Crippen molar-refractivity contribution >= 4 is 16.7 Å². The molecule has 0 aliphatic carbocycles. The molecule has 0 fully saturated rings. The summed E-state index contributed by atoms with van der Waals surface area (Å²) >= 11 is 0. The van der Waals surface area contributed by atoms with Crippen molar-refractivity contribution in [3.63, 3.8) is 0 Å². The van der Waals surface area contributed by atoms with Gasteiger partial charge in [0.1, 0.15) is 0 Å². The zero-order chi connectivity index (χ0) is 2.00. The minimum absolute atomic E-state index is 0. The van der Waals surface area contributed by atoms with E-state index in [1.54, 1.807) is 0 Å². The fourth-order valence-electron chi connectivity index (χ4n) is 0. The molecule has 0 saturated heterocycles. The predicted molar refractivity (Wildman–Crippen MR) is 15.5 cm³/mol. The smallest absolute Gasteiger partial charge is 0.0996 e. The molecule has 0 aromatic carbocycles. The molecule has 0 rings (SSSR count). The van der Waals surface area contributed by atoms with Crippen molar-refractivity contribution in [2.45, 2.75) is 0 Å². The Hall–Kier alpha value is 2.88. The quantitative estimate of drug-likeness (QED) is 0.305. The maximum absolute atomic E-state index is 4.42. The minimum atomic E-state index is 0. The van der Waals surface area contributed by atoms with Crippen LogP contribution in [0.25, 0.3) is 0 Å². The monoisotopic (exact) mass is 530 g/mol. The summed E-state index contributed by atoms with van der Waals surface area (Å²) in [7, 11) is 6.33. The van der Waals surface area contributed by atoms with Gasteiger partial charge in [0, 0.05) is 75.7 Å². The molecule has 6 heavy (non-hydrogen) atoms. The van der Waals surface area contributed by atoms with Gasteiger partial charge in [-0.15, -0.1) is 0 Å². The zero-order valence-electron chi connectivity index (χ0n) is 2.64. The standard InChI is InChI=1S/BH2P.2Co.2W/c1-2;;;;/h2H2;;;;. The molecular weight excluding hydrogens is 527 g/mol. The summed E-state index contributed by atoms with van der Waals surface area (Å²) in [6, 6.07) is 0. The molecular formula is H2BCo2PW2. The van der Waals surface area contributed by atoms with E-state index in [9.17, 15) is 0 Å². The van der Waals surface area contributed by atoms with Crippen LogP contribution in [-0.2, 0) is 75.7 Å². The fraction of sp³-hybridized carbons (Fsp3) is 0. The third-order valence-electron chi connectivity index (χ3n) is 0. The van der Waals surface area contributed by atoms with Crippen LogP contribution in [0, 0.1) is 0 Å². The predicted octanol–water partition coefficient (Wildman–Crippen LogP) is -0.0650. The largest absolute Gasteiger partial charge is 0.187 e. The van der Waals surface area contributed by atoms with Crippen LogP contribution in [0.3, 0.4) is 0 Å². The second kappa shape index (κ2) is 44.9. The van der Waals surface area contributed by atoms with E-state index in [1.165, 1.54) is 0 Å². The Kier molecular flexibility index (Phi) is 274. The summed E-state index contributed by atoms with van der Waals surface area (Å²) < 4.78 is 0. The van der Waals surface area contributed by atoms with E-state index >= 15 is 0 Å². The Labute approximate surface area is 91.2 Å². The molecule has 0 aromatic heterocycles. The van der Waals surface area contributed by atoms with E-state index in [1.807, 2.05) is 9.12 Å². The molecule has 0 saturated carbocycles.